The summed E-state index contributed by atoms with van der Waals surface area (Å²) in [4.78, 5) is 28.6. The lowest BCUT2D eigenvalue weighted by atomic mass is 10.0. The number of piperidine rings is 1. The Bertz CT molecular complexity index is 709. The molecule has 7 heteroatoms. The van der Waals surface area contributed by atoms with E-state index in [0.717, 1.165) is 61.6 Å². The third-order valence-electron chi connectivity index (χ3n) is 4.95. The Hall–Kier alpha value is -1.89. The van der Waals surface area contributed by atoms with Crippen LogP contribution in [0.15, 0.2) is 17.8 Å². The molecule has 2 aliphatic heterocycles. The van der Waals surface area contributed by atoms with E-state index in [2.05, 4.69) is 31.2 Å². The van der Waals surface area contributed by atoms with Crippen molar-refractivity contribution < 1.29 is 4.79 Å². The van der Waals surface area contributed by atoms with Gasteiger partial charge in [-0.25, -0.2) is 14.8 Å². The highest BCUT2D eigenvalue weighted by molar-refractivity contribution is 7.16. The predicted octanol–water partition coefficient (Wildman–Crippen LogP) is 2.42. The fraction of sp³-hybridized carbons (Fsp3) is 0.562. The van der Waals surface area contributed by atoms with Crippen molar-refractivity contribution in [3.63, 3.8) is 0 Å². The maximum absolute atomic E-state index is 12.3. The van der Waals surface area contributed by atoms with E-state index in [4.69, 9.17) is 0 Å². The van der Waals surface area contributed by atoms with Crippen molar-refractivity contribution in [2.75, 3.05) is 37.6 Å². The Morgan fingerprint density at radius 1 is 1.22 bits per heavy atom. The number of anilines is 1. The SMILES string of the molecule is CCN1CCN(C2CCN(c3ncnc4sccc34)CC2)C1=O. The van der Waals surface area contributed by atoms with Crippen molar-refractivity contribution in [3.8, 4) is 0 Å². The number of rotatable bonds is 3. The quantitative estimate of drug-likeness (QED) is 0.867. The number of amides is 2. The van der Waals surface area contributed by atoms with Crippen molar-refractivity contribution in [3.05, 3.63) is 17.8 Å². The first-order valence-electron chi connectivity index (χ1n) is 8.26. The van der Waals surface area contributed by atoms with Gasteiger partial charge in [-0.2, -0.15) is 0 Å². The molecular formula is C16H21N5OS. The molecule has 2 saturated heterocycles. The van der Waals surface area contributed by atoms with Crippen molar-refractivity contribution in [1.29, 1.82) is 0 Å². The van der Waals surface area contributed by atoms with Gasteiger partial charge in [-0.1, -0.05) is 0 Å². The number of hydrogen-bond donors (Lipinski definition) is 0. The highest BCUT2D eigenvalue weighted by atomic mass is 32.1. The highest BCUT2D eigenvalue weighted by Crippen LogP contribution is 2.30. The Morgan fingerprint density at radius 3 is 2.78 bits per heavy atom. The molecule has 0 aliphatic carbocycles. The minimum absolute atomic E-state index is 0.216. The van der Waals surface area contributed by atoms with Gasteiger partial charge in [-0.15, -0.1) is 11.3 Å². The van der Waals surface area contributed by atoms with Crippen LogP contribution in [0, 0.1) is 0 Å². The van der Waals surface area contributed by atoms with Gasteiger partial charge in [-0.05, 0) is 31.2 Å². The minimum Gasteiger partial charge on any atom is -0.356 e. The van der Waals surface area contributed by atoms with Gasteiger partial charge in [0.15, 0.2) is 0 Å². The number of carbonyl (C=O) groups is 1. The van der Waals surface area contributed by atoms with Gasteiger partial charge in [0.05, 0.1) is 5.39 Å². The van der Waals surface area contributed by atoms with Crippen LogP contribution in [0.2, 0.25) is 0 Å². The van der Waals surface area contributed by atoms with Gasteiger partial charge in [0.25, 0.3) is 0 Å². The Labute approximate surface area is 139 Å². The molecule has 0 N–H and O–H groups in total. The molecule has 23 heavy (non-hydrogen) atoms. The molecule has 4 heterocycles. The van der Waals surface area contributed by atoms with Crippen molar-refractivity contribution >= 4 is 33.4 Å². The number of thiophene rings is 1. The van der Waals surface area contributed by atoms with Gasteiger partial charge in [0.2, 0.25) is 0 Å². The van der Waals surface area contributed by atoms with E-state index in [0.29, 0.717) is 6.04 Å². The third-order valence-corrected chi connectivity index (χ3v) is 5.77. The molecular weight excluding hydrogens is 310 g/mol. The highest BCUT2D eigenvalue weighted by Gasteiger charge is 2.34. The lowest BCUT2D eigenvalue weighted by Gasteiger charge is -2.37. The average molecular weight is 331 g/mol. The first kappa shape index (κ1) is 14.7. The number of hydrogen-bond acceptors (Lipinski definition) is 5. The first-order valence-corrected chi connectivity index (χ1v) is 9.14. The topological polar surface area (TPSA) is 52.6 Å². The van der Waals surface area contributed by atoms with E-state index >= 15 is 0 Å². The van der Waals surface area contributed by atoms with E-state index in [1.165, 1.54) is 0 Å². The van der Waals surface area contributed by atoms with Crippen LogP contribution in [0.3, 0.4) is 0 Å². The van der Waals surface area contributed by atoms with Crippen molar-refractivity contribution in [1.82, 2.24) is 19.8 Å². The number of fused-ring (bicyclic) bond motifs is 1. The minimum atomic E-state index is 0.216. The van der Waals surface area contributed by atoms with E-state index in [1.54, 1.807) is 17.7 Å². The molecule has 0 spiro atoms. The van der Waals surface area contributed by atoms with E-state index in [-0.39, 0.29) is 6.03 Å². The zero-order chi connectivity index (χ0) is 15.8. The van der Waals surface area contributed by atoms with Gasteiger partial charge in [-0.3, -0.25) is 0 Å². The number of likely N-dealkylation sites (N-methyl/N-ethyl adjacent to an activating group) is 1. The van der Waals surface area contributed by atoms with E-state index in [9.17, 15) is 4.79 Å². The predicted molar refractivity (Wildman–Crippen MR) is 92.0 cm³/mol. The third kappa shape index (κ3) is 2.52. The molecule has 4 rings (SSSR count). The van der Waals surface area contributed by atoms with Crippen LogP contribution in [0.25, 0.3) is 10.2 Å². The molecule has 0 aromatic carbocycles. The van der Waals surface area contributed by atoms with Crippen LogP contribution < -0.4 is 4.90 Å². The van der Waals surface area contributed by atoms with Crippen LogP contribution in [0.5, 0.6) is 0 Å². The Balaban J connectivity index is 1.45. The molecule has 0 saturated carbocycles. The molecule has 0 radical (unpaired) electrons. The molecule has 6 nitrogen and oxygen atoms in total. The first-order chi connectivity index (χ1) is 11.3. The molecule has 2 aliphatic rings. The summed E-state index contributed by atoms with van der Waals surface area (Å²) in [6, 6.07) is 2.69. The number of carbonyl (C=O) groups excluding carboxylic acids is 1. The average Bonchev–Trinajstić information content (AvgIpc) is 3.21. The van der Waals surface area contributed by atoms with Crippen LogP contribution >= 0.6 is 11.3 Å². The maximum atomic E-state index is 12.3. The Morgan fingerprint density at radius 2 is 2.04 bits per heavy atom. The van der Waals surface area contributed by atoms with Gasteiger partial charge >= 0.3 is 6.03 Å². The molecule has 0 bridgehead atoms. The smallest absolute Gasteiger partial charge is 0.320 e. The fourth-order valence-corrected chi connectivity index (χ4v) is 4.38. The summed E-state index contributed by atoms with van der Waals surface area (Å²) in [5.74, 6) is 1.04. The summed E-state index contributed by atoms with van der Waals surface area (Å²) in [5, 5.41) is 3.21. The van der Waals surface area contributed by atoms with Crippen LogP contribution in [0.4, 0.5) is 10.6 Å². The number of nitrogens with zero attached hydrogens (tertiary/aromatic N) is 5. The molecule has 122 valence electrons. The lowest BCUT2D eigenvalue weighted by Crippen LogP contribution is -2.46. The molecule has 2 amide bonds. The molecule has 2 aromatic rings. The zero-order valence-corrected chi connectivity index (χ0v) is 14.1. The second kappa shape index (κ2) is 5.96. The van der Waals surface area contributed by atoms with E-state index < -0.39 is 0 Å². The zero-order valence-electron chi connectivity index (χ0n) is 13.3. The summed E-state index contributed by atoms with van der Waals surface area (Å²) in [6.45, 7) is 6.50. The second-order valence-corrected chi connectivity index (χ2v) is 7.01. The fourth-order valence-electron chi connectivity index (χ4n) is 3.65. The molecule has 2 aromatic heterocycles. The summed E-state index contributed by atoms with van der Waals surface area (Å²) < 4.78 is 0. The molecule has 0 unspecified atom stereocenters. The molecule has 0 atom stereocenters. The van der Waals surface area contributed by atoms with Gasteiger partial charge < -0.3 is 14.7 Å². The number of urea groups is 1. The monoisotopic (exact) mass is 331 g/mol. The van der Waals surface area contributed by atoms with Gasteiger partial charge in [0.1, 0.15) is 17.0 Å². The lowest BCUT2D eigenvalue weighted by molar-refractivity contribution is 0.169. The standard InChI is InChI=1S/C16H21N5OS/c1-2-19-8-9-21(16(19)22)12-3-6-20(7-4-12)14-13-5-10-23-15(13)18-11-17-14/h5,10-12H,2-4,6-9H2,1H3. The summed E-state index contributed by atoms with van der Waals surface area (Å²) >= 11 is 1.65. The number of aromatic nitrogens is 2. The summed E-state index contributed by atoms with van der Waals surface area (Å²) in [7, 11) is 0. The van der Waals surface area contributed by atoms with Crippen molar-refractivity contribution in [2.24, 2.45) is 0 Å². The maximum Gasteiger partial charge on any atom is 0.320 e. The van der Waals surface area contributed by atoms with Crippen LogP contribution in [-0.4, -0.2) is 64.6 Å². The van der Waals surface area contributed by atoms with E-state index in [1.807, 2.05) is 11.8 Å². The van der Waals surface area contributed by atoms with Crippen LogP contribution in [-0.2, 0) is 0 Å². The van der Waals surface area contributed by atoms with Crippen LogP contribution in [0.1, 0.15) is 19.8 Å². The summed E-state index contributed by atoms with van der Waals surface area (Å²) in [5.41, 5.74) is 0. The van der Waals surface area contributed by atoms with Gasteiger partial charge in [0, 0.05) is 38.8 Å². The molecule has 2 fully saturated rings. The largest absolute Gasteiger partial charge is 0.356 e. The second-order valence-electron chi connectivity index (χ2n) is 6.11. The van der Waals surface area contributed by atoms with Crippen molar-refractivity contribution in [2.45, 2.75) is 25.8 Å². The summed E-state index contributed by atoms with van der Waals surface area (Å²) in [6.07, 6.45) is 3.68. The Kier molecular flexibility index (Phi) is 3.80. The normalized spacial score (nSPS) is 20.0.